The van der Waals surface area contributed by atoms with Gasteiger partial charge in [-0.1, -0.05) is 37.6 Å². The Morgan fingerprint density at radius 3 is 2.13 bits per heavy atom. The van der Waals surface area contributed by atoms with Crippen LogP contribution in [0.25, 0.3) is 0 Å². The second kappa shape index (κ2) is 9.16. The fourth-order valence-corrected chi connectivity index (χ4v) is 2.23. The molecule has 2 amide bonds. The summed E-state index contributed by atoms with van der Waals surface area (Å²) in [5.41, 5.74) is 0.465. The molecule has 1 atom stereocenters. The van der Waals surface area contributed by atoms with Crippen molar-refractivity contribution in [3.05, 3.63) is 60.2 Å². The maximum Gasteiger partial charge on any atom is 0.251 e. The van der Waals surface area contributed by atoms with Crippen LogP contribution >= 0.6 is 11.6 Å². The molecule has 0 heterocycles. The van der Waals surface area contributed by atoms with E-state index in [2.05, 4.69) is 18.5 Å². The van der Waals surface area contributed by atoms with Crippen LogP contribution in [0.4, 0.5) is 0 Å². The van der Waals surface area contributed by atoms with Gasteiger partial charge in [0.2, 0.25) is 5.91 Å². The minimum atomic E-state index is -0.613. The summed E-state index contributed by atoms with van der Waals surface area (Å²) in [5.74, 6) is -0.496. The van der Waals surface area contributed by atoms with Crippen LogP contribution in [0.1, 0.15) is 24.2 Å². The molecule has 23 heavy (non-hydrogen) atoms. The van der Waals surface area contributed by atoms with Crippen molar-refractivity contribution in [2.45, 2.75) is 19.9 Å². The number of benzene rings is 1. The fraction of sp³-hybridized carbons (Fsp3) is 0.333. The predicted molar refractivity (Wildman–Crippen MR) is 94.5 cm³/mol. The molecule has 1 aromatic carbocycles. The summed E-state index contributed by atoms with van der Waals surface area (Å²) in [6.45, 7) is 11.9. The topological polar surface area (TPSA) is 49.4 Å². The van der Waals surface area contributed by atoms with Gasteiger partial charge in [0.1, 0.15) is 6.04 Å². The van der Waals surface area contributed by atoms with Crippen LogP contribution < -0.4 is 5.32 Å². The van der Waals surface area contributed by atoms with E-state index in [0.717, 1.165) is 0 Å². The summed E-state index contributed by atoms with van der Waals surface area (Å²) < 4.78 is 0. The molecule has 1 aromatic rings. The summed E-state index contributed by atoms with van der Waals surface area (Å²) in [6, 6.07) is 5.93. The predicted octanol–water partition coefficient (Wildman–Crippen LogP) is 3.30. The molecule has 0 radical (unpaired) electrons. The van der Waals surface area contributed by atoms with Crippen LogP contribution in [-0.4, -0.2) is 35.8 Å². The zero-order valence-corrected chi connectivity index (χ0v) is 14.3. The van der Waals surface area contributed by atoms with Crippen LogP contribution in [-0.2, 0) is 4.79 Å². The van der Waals surface area contributed by atoms with E-state index in [0.29, 0.717) is 23.7 Å². The molecule has 0 aliphatic rings. The highest BCUT2D eigenvalue weighted by atomic mass is 35.5. The molecule has 0 aliphatic carbocycles. The maximum absolute atomic E-state index is 12.7. The number of rotatable bonds is 8. The van der Waals surface area contributed by atoms with Gasteiger partial charge in [0.15, 0.2) is 0 Å². The molecule has 1 N–H and O–H groups in total. The first-order valence-corrected chi connectivity index (χ1v) is 7.85. The first-order chi connectivity index (χ1) is 10.9. The van der Waals surface area contributed by atoms with Gasteiger partial charge in [-0.15, -0.1) is 13.2 Å². The summed E-state index contributed by atoms with van der Waals surface area (Å²) in [6.07, 6.45) is 3.31. The molecular formula is C18H23ClN2O2. The third kappa shape index (κ3) is 5.57. The number of amides is 2. The quantitative estimate of drug-likeness (QED) is 0.742. The first-order valence-electron chi connectivity index (χ1n) is 7.47. The zero-order valence-electron chi connectivity index (χ0n) is 13.6. The molecule has 0 aliphatic heterocycles. The van der Waals surface area contributed by atoms with Crippen molar-refractivity contribution in [2.75, 3.05) is 13.1 Å². The molecule has 0 saturated heterocycles. The maximum atomic E-state index is 12.7. The number of carbonyl (C=O) groups excluding carboxylic acids is 2. The van der Waals surface area contributed by atoms with Gasteiger partial charge < -0.3 is 10.2 Å². The second-order valence-corrected chi connectivity index (χ2v) is 5.96. The Hall–Kier alpha value is -2.07. The summed E-state index contributed by atoms with van der Waals surface area (Å²) >= 11 is 5.82. The molecule has 0 saturated carbocycles. The van der Waals surface area contributed by atoms with Crippen LogP contribution in [0.2, 0.25) is 5.02 Å². The van der Waals surface area contributed by atoms with E-state index in [-0.39, 0.29) is 17.7 Å². The molecular weight excluding hydrogens is 312 g/mol. The van der Waals surface area contributed by atoms with Crippen LogP contribution in [0, 0.1) is 5.92 Å². The first kappa shape index (κ1) is 19.0. The fourth-order valence-electron chi connectivity index (χ4n) is 2.10. The molecule has 0 fully saturated rings. The van der Waals surface area contributed by atoms with E-state index in [1.54, 1.807) is 41.3 Å². The number of carbonyl (C=O) groups is 2. The molecule has 0 aromatic heterocycles. The number of nitrogens with one attached hydrogen (secondary N) is 1. The van der Waals surface area contributed by atoms with E-state index in [4.69, 9.17) is 11.6 Å². The Balaban J connectivity index is 2.90. The lowest BCUT2D eigenvalue weighted by Gasteiger charge is -2.28. The van der Waals surface area contributed by atoms with Gasteiger partial charge in [0.25, 0.3) is 5.91 Å². The molecule has 0 bridgehead atoms. The third-order valence-corrected chi connectivity index (χ3v) is 3.59. The highest BCUT2D eigenvalue weighted by Crippen LogP contribution is 2.12. The van der Waals surface area contributed by atoms with E-state index in [1.165, 1.54) is 0 Å². The molecule has 0 spiro atoms. The minimum Gasteiger partial charge on any atom is -0.340 e. The molecule has 5 heteroatoms. The van der Waals surface area contributed by atoms with Gasteiger partial charge in [-0.05, 0) is 30.2 Å². The van der Waals surface area contributed by atoms with E-state index in [1.807, 2.05) is 13.8 Å². The number of halogens is 1. The second-order valence-electron chi connectivity index (χ2n) is 5.52. The number of hydrogen-bond donors (Lipinski definition) is 1. The SMILES string of the molecule is C=CCN(CC=C)C(=O)C(NC(=O)c1ccc(Cl)cc1)C(C)C. The molecule has 1 unspecified atom stereocenters. The number of hydrogen-bond acceptors (Lipinski definition) is 2. The van der Waals surface area contributed by atoms with Gasteiger partial charge in [-0.3, -0.25) is 9.59 Å². The van der Waals surface area contributed by atoms with E-state index < -0.39 is 6.04 Å². The standard InChI is InChI=1S/C18H23ClN2O2/c1-5-11-21(12-6-2)18(23)16(13(3)4)20-17(22)14-7-9-15(19)10-8-14/h5-10,13,16H,1-2,11-12H2,3-4H3,(H,20,22). The van der Waals surface area contributed by atoms with Crippen LogP contribution in [0.5, 0.6) is 0 Å². The Kier molecular flexibility index (Phi) is 7.55. The Morgan fingerprint density at radius 1 is 1.17 bits per heavy atom. The van der Waals surface area contributed by atoms with E-state index >= 15 is 0 Å². The lowest BCUT2D eigenvalue weighted by molar-refractivity contribution is -0.133. The minimum absolute atomic E-state index is 0.0455. The Morgan fingerprint density at radius 2 is 1.70 bits per heavy atom. The highest BCUT2D eigenvalue weighted by Gasteiger charge is 2.28. The molecule has 4 nitrogen and oxygen atoms in total. The van der Waals surface area contributed by atoms with Gasteiger partial charge in [-0.25, -0.2) is 0 Å². The largest absolute Gasteiger partial charge is 0.340 e. The monoisotopic (exact) mass is 334 g/mol. The van der Waals surface area contributed by atoms with Crippen molar-refractivity contribution >= 4 is 23.4 Å². The zero-order chi connectivity index (χ0) is 17.4. The summed E-state index contributed by atoms with van der Waals surface area (Å²) in [7, 11) is 0. The van der Waals surface area contributed by atoms with Gasteiger partial charge in [-0.2, -0.15) is 0 Å². The smallest absolute Gasteiger partial charge is 0.251 e. The summed E-state index contributed by atoms with van der Waals surface area (Å²) in [5, 5.41) is 3.36. The Bertz CT molecular complexity index is 557. The third-order valence-electron chi connectivity index (χ3n) is 3.34. The summed E-state index contributed by atoms with van der Waals surface area (Å²) in [4.78, 5) is 26.6. The van der Waals surface area contributed by atoms with Gasteiger partial charge in [0, 0.05) is 23.7 Å². The van der Waals surface area contributed by atoms with Crippen LogP contribution in [0.15, 0.2) is 49.6 Å². The van der Waals surface area contributed by atoms with Gasteiger partial charge >= 0.3 is 0 Å². The average molecular weight is 335 g/mol. The van der Waals surface area contributed by atoms with Crippen molar-refractivity contribution in [2.24, 2.45) is 5.92 Å². The number of nitrogens with zero attached hydrogens (tertiary/aromatic N) is 1. The lowest BCUT2D eigenvalue weighted by atomic mass is 10.0. The molecule has 1 rings (SSSR count). The normalized spacial score (nSPS) is 11.7. The van der Waals surface area contributed by atoms with Crippen molar-refractivity contribution in [1.82, 2.24) is 10.2 Å². The van der Waals surface area contributed by atoms with Crippen molar-refractivity contribution < 1.29 is 9.59 Å². The molecule has 124 valence electrons. The van der Waals surface area contributed by atoms with Gasteiger partial charge in [0.05, 0.1) is 0 Å². The van der Waals surface area contributed by atoms with Crippen molar-refractivity contribution in [3.63, 3.8) is 0 Å². The van der Waals surface area contributed by atoms with Crippen LogP contribution in [0.3, 0.4) is 0 Å². The lowest BCUT2D eigenvalue weighted by Crippen LogP contribution is -2.51. The van der Waals surface area contributed by atoms with Crippen molar-refractivity contribution in [1.29, 1.82) is 0 Å². The Labute approximate surface area is 142 Å². The van der Waals surface area contributed by atoms with Crippen molar-refractivity contribution in [3.8, 4) is 0 Å². The average Bonchev–Trinajstić information content (AvgIpc) is 2.52. The van der Waals surface area contributed by atoms with E-state index in [9.17, 15) is 9.59 Å². The highest BCUT2D eigenvalue weighted by molar-refractivity contribution is 6.30.